The normalized spacial score (nSPS) is 14.0. The van der Waals surface area contributed by atoms with Gasteiger partial charge in [-0.2, -0.15) is 0 Å². The summed E-state index contributed by atoms with van der Waals surface area (Å²) in [4.78, 5) is 4.46. The van der Waals surface area contributed by atoms with E-state index >= 15 is 0 Å². The number of hydrogen-bond donors (Lipinski definition) is 3. The first-order valence-corrected chi connectivity index (χ1v) is 8.91. The van der Waals surface area contributed by atoms with Crippen LogP contribution in [0.15, 0.2) is 45.8 Å². The summed E-state index contributed by atoms with van der Waals surface area (Å²) in [5.74, 6) is 2.75. The van der Waals surface area contributed by atoms with Crippen LogP contribution in [-0.2, 0) is 5.60 Å². The largest absolute Gasteiger partial charge is 0.492 e. The molecule has 0 aliphatic rings. The highest BCUT2D eigenvalue weighted by Gasteiger charge is 2.26. The van der Waals surface area contributed by atoms with Crippen molar-refractivity contribution in [3.8, 4) is 5.75 Å². The van der Waals surface area contributed by atoms with E-state index in [0.29, 0.717) is 24.9 Å². The minimum Gasteiger partial charge on any atom is -0.492 e. The van der Waals surface area contributed by atoms with Gasteiger partial charge in [0, 0.05) is 6.54 Å². The van der Waals surface area contributed by atoms with Crippen LogP contribution in [0, 0.1) is 13.8 Å². The van der Waals surface area contributed by atoms with Crippen LogP contribution >= 0.6 is 0 Å². The van der Waals surface area contributed by atoms with E-state index in [1.165, 1.54) is 5.56 Å². The zero-order valence-corrected chi connectivity index (χ0v) is 16.0. The van der Waals surface area contributed by atoms with Crippen molar-refractivity contribution < 1.29 is 14.3 Å². The zero-order chi connectivity index (χ0) is 19.0. The van der Waals surface area contributed by atoms with Crippen molar-refractivity contribution in [2.45, 2.75) is 33.3 Å². The van der Waals surface area contributed by atoms with Crippen LogP contribution in [0.25, 0.3) is 0 Å². The third kappa shape index (κ3) is 6.11. The number of aryl methyl sites for hydroxylation is 2. The Morgan fingerprint density at radius 1 is 1.15 bits per heavy atom. The molecule has 3 N–H and O–H groups in total. The lowest BCUT2D eigenvalue weighted by molar-refractivity contribution is 0.0428. The molecule has 1 atom stereocenters. The fraction of sp³-hybridized carbons (Fsp3) is 0.450. The highest BCUT2D eigenvalue weighted by molar-refractivity contribution is 5.79. The van der Waals surface area contributed by atoms with E-state index in [1.807, 2.05) is 51.1 Å². The molecule has 0 aliphatic carbocycles. The molecule has 0 aliphatic heterocycles. The molecule has 1 unspecified atom stereocenters. The number of guanidine groups is 1. The van der Waals surface area contributed by atoms with Gasteiger partial charge in [0.05, 0.1) is 13.1 Å². The third-order valence-corrected chi connectivity index (χ3v) is 3.84. The molecule has 6 nitrogen and oxygen atoms in total. The molecule has 0 amide bonds. The molecule has 2 aromatic rings. The first-order chi connectivity index (χ1) is 12.4. The summed E-state index contributed by atoms with van der Waals surface area (Å²) in [6.45, 7) is 9.61. The van der Waals surface area contributed by atoms with Crippen LogP contribution in [0.4, 0.5) is 0 Å². The van der Waals surface area contributed by atoms with Crippen LogP contribution in [0.1, 0.15) is 30.9 Å². The Kier molecular flexibility index (Phi) is 7.09. The molecule has 26 heavy (non-hydrogen) atoms. The van der Waals surface area contributed by atoms with Crippen molar-refractivity contribution in [3.63, 3.8) is 0 Å². The molecule has 6 heteroatoms. The molecule has 0 bridgehead atoms. The molecule has 0 fully saturated rings. The lowest BCUT2D eigenvalue weighted by Crippen LogP contribution is -2.40. The molecule has 1 aromatic carbocycles. The van der Waals surface area contributed by atoms with Gasteiger partial charge in [0.2, 0.25) is 0 Å². The number of nitrogens with zero attached hydrogens (tertiary/aromatic N) is 1. The summed E-state index contributed by atoms with van der Waals surface area (Å²) in [6, 6.07) is 11.6. The monoisotopic (exact) mass is 359 g/mol. The Hall–Kier alpha value is -2.47. The van der Waals surface area contributed by atoms with E-state index in [0.717, 1.165) is 18.1 Å². The number of nitrogens with one attached hydrogen (secondary N) is 2. The average molecular weight is 359 g/mol. The van der Waals surface area contributed by atoms with Crippen molar-refractivity contribution >= 4 is 5.96 Å². The minimum atomic E-state index is -1.16. The van der Waals surface area contributed by atoms with Gasteiger partial charge in [0.15, 0.2) is 5.96 Å². The lowest BCUT2D eigenvalue weighted by atomic mass is 10.0. The number of rotatable bonds is 8. The second-order valence-electron chi connectivity index (χ2n) is 6.47. The van der Waals surface area contributed by atoms with Crippen molar-refractivity contribution in [1.82, 2.24) is 10.6 Å². The predicted molar refractivity (Wildman–Crippen MR) is 104 cm³/mol. The summed E-state index contributed by atoms with van der Waals surface area (Å²) in [5, 5.41) is 16.9. The maximum atomic E-state index is 10.6. The molecule has 0 saturated heterocycles. The Morgan fingerprint density at radius 2 is 1.88 bits per heavy atom. The van der Waals surface area contributed by atoms with Crippen molar-refractivity contribution in [1.29, 1.82) is 0 Å². The van der Waals surface area contributed by atoms with Crippen LogP contribution < -0.4 is 15.4 Å². The van der Waals surface area contributed by atoms with Crippen LogP contribution in [0.3, 0.4) is 0 Å². The van der Waals surface area contributed by atoms with Gasteiger partial charge in [-0.1, -0.05) is 17.7 Å². The Labute approximate surface area is 155 Å². The van der Waals surface area contributed by atoms with Gasteiger partial charge in [0.1, 0.15) is 29.5 Å². The molecule has 0 radical (unpaired) electrons. The summed E-state index contributed by atoms with van der Waals surface area (Å²) >= 11 is 0. The second kappa shape index (κ2) is 9.29. The number of furan rings is 1. The molecular formula is C20H29N3O3. The fourth-order valence-corrected chi connectivity index (χ4v) is 2.35. The second-order valence-corrected chi connectivity index (χ2v) is 6.47. The van der Waals surface area contributed by atoms with Crippen molar-refractivity contribution in [2.75, 3.05) is 26.2 Å². The summed E-state index contributed by atoms with van der Waals surface area (Å²) in [5.41, 5.74) is 0.0468. The Bertz CT molecular complexity index is 705. The molecule has 142 valence electrons. The molecular weight excluding hydrogens is 330 g/mol. The topological polar surface area (TPSA) is 79.0 Å². The van der Waals surface area contributed by atoms with E-state index < -0.39 is 5.60 Å². The lowest BCUT2D eigenvalue weighted by Gasteiger charge is -2.19. The predicted octanol–water partition coefficient (Wildman–Crippen LogP) is 2.74. The van der Waals surface area contributed by atoms with E-state index in [1.54, 1.807) is 13.0 Å². The molecule has 0 saturated carbocycles. The van der Waals surface area contributed by atoms with Gasteiger partial charge in [-0.05, 0) is 52.0 Å². The van der Waals surface area contributed by atoms with Gasteiger partial charge in [-0.25, -0.2) is 4.99 Å². The van der Waals surface area contributed by atoms with Gasteiger partial charge in [-0.3, -0.25) is 0 Å². The minimum absolute atomic E-state index is 0.189. The molecule has 0 spiro atoms. The smallest absolute Gasteiger partial charge is 0.191 e. The number of aliphatic hydroxyl groups is 1. The molecule has 2 rings (SSSR count). The first-order valence-electron chi connectivity index (χ1n) is 8.91. The molecule has 1 heterocycles. The quantitative estimate of drug-likeness (QED) is 0.384. The average Bonchev–Trinajstić information content (AvgIpc) is 3.05. The fourth-order valence-electron chi connectivity index (χ4n) is 2.35. The van der Waals surface area contributed by atoms with Gasteiger partial charge in [0.25, 0.3) is 0 Å². The van der Waals surface area contributed by atoms with Crippen molar-refractivity contribution in [3.05, 3.63) is 53.5 Å². The maximum Gasteiger partial charge on any atom is 0.191 e. The Morgan fingerprint density at radius 3 is 2.50 bits per heavy atom. The third-order valence-electron chi connectivity index (χ3n) is 3.84. The van der Waals surface area contributed by atoms with Crippen LogP contribution in [0.2, 0.25) is 0 Å². The number of benzene rings is 1. The van der Waals surface area contributed by atoms with Crippen molar-refractivity contribution in [2.24, 2.45) is 4.99 Å². The van der Waals surface area contributed by atoms with Gasteiger partial charge >= 0.3 is 0 Å². The summed E-state index contributed by atoms with van der Waals surface area (Å²) < 4.78 is 11.2. The first kappa shape index (κ1) is 19.8. The van der Waals surface area contributed by atoms with E-state index in [2.05, 4.69) is 15.6 Å². The van der Waals surface area contributed by atoms with Gasteiger partial charge < -0.3 is 24.9 Å². The standard InChI is InChI=1S/C20H29N3O3/c1-5-21-19(22-12-13-25-17-9-6-15(2)7-10-17)23-14-20(4,24)18-11-8-16(3)26-18/h6-11,24H,5,12-14H2,1-4H3,(H2,21,22,23). The van der Waals surface area contributed by atoms with Crippen LogP contribution in [0.5, 0.6) is 5.75 Å². The van der Waals surface area contributed by atoms with E-state index in [9.17, 15) is 5.11 Å². The van der Waals surface area contributed by atoms with Gasteiger partial charge in [-0.15, -0.1) is 0 Å². The Balaban J connectivity index is 1.84. The zero-order valence-electron chi connectivity index (χ0n) is 16.0. The van der Waals surface area contributed by atoms with E-state index in [4.69, 9.17) is 9.15 Å². The van der Waals surface area contributed by atoms with Crippen LogP contribution in [-0.4, -0.2) is 37.3 Å². The highest BCUT2D eigenvalue weighted by Crippen LogP contribution is 2.23. The number of ether oxygens (including phenoxy) is 1. The number of aliphatic imine (C=N–C) groups is 1. The summed E-state index contributed by atoms with van der Waals surface area (Å²) in [7, 11) is 0. The SMILES string of the molecule is CCNC(=NCC(C)(O)c1ccc(C)o1)NCCOc1ccc(C)cc1. The van der Waals surface area contributed by atoms with E-state index in [-0.39, 0.29) is 6.54 Å². The summed E-state index contributed by atoms with van der Waals surface area (Å²) in [6.07, 6.45) is 0. The maximum absolute atomic E-state index is 10.6. The number of hydrogen-bond acceptors (Lipinski definition) is 4. The molecule has 1 aromatic heterocycles. The highest BCUT2D eigenvalue weighted by atomic mass is 16.5.